The molecule has 1 aliphatic rings. The Labute approximate surface area is 109 Å². The summed E-state index contributed by atoms with van der Waals surface area (Å²) in [5.41, 5.74) is 0.624. The lowest BCUT2D eigenvalue weighted by Gasteiger charge is -2.34. The topological polar surface area (TPSA) is 38.3 Å². The first-order chi connectivity index (χ1) is 8.63. The summed E-state index contributed by atoms with van der Waals surface area (Å²) < 4.78 is 5.14. The number of rotatable bonds is 3. The van der Waals surface area contributed by atoms with Gasteiger partial charge in [0.1, 0.15) is 5.75 Å². The molecule has 1 N–H and O–H groups in total. The Hall–Kier alpha value is -1.51. The molecule has 1 aromatic carbocycles. The lowest BCUT2D eigenvalue weighted by molar-refractivity contribution is 0.0882. The molecule has 1 saturated carbocycles. The van der Waals surface area contributed by atoms with Crippen LogP contribution < -0.4 is 10.1 Å². The van der Waals surface area contributed by atoms with E-state index in [0.717, 1.165) is 18.6 Å². The second kappa shape index (κ2) is 5.42. The zero-order valence-electron chi connectivity index (χ0n) is 11.2. The van der Waals surface area contributed by atoms with Crippen molar-refractivity contribution >= 4 is 5.91 Å². The maximum Gasteiger partial charge on any atom is 0.251 e. The van der Waals surface area contributed by atoms with Gasteiger partial charge in [0.2, 0.25) is 0 Å². The molecule has 98 valence electrons. The van der Waals surface area contributed by atoms with Crippen LogP contribution >= 0.6 is 0 Å². The maximum atomic E-state index is 12.2. The number of ether oxygens (including phenoxy) is 1. The SMILES string of the molecule is COc1cccc(C(=O)NC2(C)CCCCC2)c1. The van der Waals surface area contributed by atoms with Crippen molar-refractivity contribution < 1.29 is 9.53 Å². The molecule has 0 spiro atoms. The fourth-order valence-corrected chi connectivity index (χ4v) is 2.57. The minimum Gasteiger partial charge on any atom is -0.497 e. The minimum absolute atomic E-state index is 0.00157. The number of carbonyl (C=O) groups excluding carboxylic acids is 1. The molecule has 0 radical (unpaired) electrons. The van der Waals surface area contributed by atoms with Crippen molar-refractivity contribution in [3.8, 4) is 5.75 Å². The number of methoxy groups -OCH3 is 1. The van der Waals surface area contributed by atoms with E-state index in [1.54, 1.807) is 13.2 Å². The van der Waals surface area contributed by atoms with E-state index in [2.05, 4.69) is 12.2 Å². The van der Waals surface area contributed by atoms with Crippen molar-refractivity contribution in [1.29, 1.82) is 0 Å². The summed E-state index contributed by atoms with van der Waals surface area (Å²) in [5, 5.41) is 3.17. The van der Waals surface area contributed by atoms with Crippen molar-refractivity contribution in [2.45, 2.75) is 44.6 Å². The van der Waals surface area contributed by atoms with Gasteiger partial charge in [0.15, 0.2) is 0 Å². The standard InChI is InChI=1S/C15H21NO2/c1-15(9-4-3-5-10-15)16-14(17)12-7-6-8-13(11-12)18-2/h6-8,11H,3-5,9-10H2,1-2H3,(H,16,17). The van der Waals surface area contributed by atoms with Gasteiger partial charge in [-0.25, -0.2) is 0 Å². The van der Waals surface area contributed by atoms with E-state index in [0.29, 0.717) is 5.56 Å². The van der Waals surface area contributed by atoms with Crippen molar-refractivity contribution in [2.24, 2.45) is 0 Å². The largest absolute Gasteiger partial charge is 0.497 e. The summed E-state index contributed by atoms with van der Waals surface area (Å²) in [4.78, 5) is 12.2. The molecule has 1 aliphatic carbocycles. The van der Waals surface area contributed by atoms with Crippen LogP contribution in [0.15, 0.2) is 24.3 Å². The van der Waals surface area contributed by atoms with Crippen LogP contribution in [0, 0.1) is 0 Å². The average molecular weight is 247 g/mol. The van der Waals surface area contributed by atoms with E-state index in [9.17, 15) is 4.79 Å². The lowest BCUT2D eigenvalue weighted by Crippen LogP contribution is -2.47. The third kappa shape index (κ3) is 3.03. The summed E-state index contributed by atoms with van der Waals surface area (Å²) >= 11 is 0. The van der Waals surface area contributed by atoms with Crippen LogP contribution in [-0.2, 0) is 0 Å². The summed E-state index contributed by atoms with van der Waals surface area (Å²) in [7, 11) is 1.61. The highest BCUT2D eigenvalue weighted by atomic mass is 16.5. The fourth-order valence-electron chi connectivity index (χ4n) is 2.57. The van der Waals surface area contributed by atoms with Crippen molar-refractivity contribution in [3.05, 3.63) is 29.8 Å². The predicted octanol–water partition coefficient (Wildman–Crippen LogP) is 3.15. The van der Waals surface area contributed by atoms with Gasteiger partial charge in [-0.1, -0.05) is 25.3 Å². The van der Waals surface area contributed by atoms with Crippen LogP contribution in [0.1, 0.15) is 49.4 Å². The van der Waals surface area contributed by atoms with Gasteiger partial charge in [-0.15, -0.1) is 0 Å². The monoisotopic (exact) mass is 247 g/mol. The van der Waals surface area contributed by atoms with E-state index >= 15 is 0 Å². The minimum atomic E-state index is -0.0432. The molecule has 0 atom stereocenters. The van der Waals surface area contributed by atoms with Gasteiger partial charge in [0, 0.05) is 11.1 Å². The molecule has 18 heavy (non-hydrogen) atoms. The third-order valence-corrected chi connectivity index (χ3v) is 3.70. The van der Waals surface area contributed by atoms with Gasteiger partial charge < -0.3 is 10.1 Å². The summed E-state index contributed by atoms with van der Waals surface area (Å²) in [6.45, 7) is 2.14. The highest BCUT2D eigenvalue weighted by Gasteiger charge is 2.28. The second-order valence-electron chi connectivity index (χ2n) is 5.31. The first-order valence-electron chi connectivity index (χ1n) is 6.59. The molecule has 0 aromatic heterocycles. The van der Waals surface area contributed by atoms with Gasteiger partial charge >= 0.3 is 0 Å². The van der Waals surface area contributed by atoms with Gasteiger partial charge in [-0.2, -0.15) is 0 Å². The summed E-state index contributed by atoms with van der Waals surface area (Å²) in [5.74, 6) is 0.717. The number of carbonyl (C=O) groups is 1. The van der Waals surface area contributed by atoms with Gasteiger partial charge in [-0.05, 0) is 38.0 Å². The Morgan fingerprint density at radius 3 is 2.67 bits per heavy atom. The number of benzene rings is 1. The average Bonchev–Trinajstić information content (AvgIpc) is 2.39. The third-order valence-electron chi connectivity index (χ3n) is 3.70. The molecule has 1 amide bonds. The van der Waals surface area contributed by atoms with Crippen LogP contribution in [0.2, 0.25) is 0 Å². The van der Waals surface area contributed by atoms with E-state index in [-0.39, 0.29) is 11.4 Å². The number of nitrogens with one attached hydrogen (secondary N) is 1. The molecule has 0 aliphatic heterocycles. The molecular weight excluding hydrogens is 226 g/mol. The Morgan fingerprint density at radius 2 is 2.00 bits per heavy atom. The molecule has 2 rings (SSSR count). The van der Waals surface area contributed by atoms with E-state index in [1.807, 2.05) is 18.2 Å². The molecular formula is C15H21NO2. The molecule has 0 saturated heterocycles. The van der Waals surface area contributed by atoms with E-state index in [4.69, 9.17) is 4.74 Å². The molecule has 3 heteroatoms. The van der Waals surface area contributed by atoms with Crippen molar-refractivity contribution in [1.82, 2.24) is 5.32 Å². The van der Waals surface area contributed by atoms with E-state index < -0.39 is 0 Å². The van der Waals surface area contributed by atoms with E-state index in [1.165, 1.54) is 19.3 Å². The van der Waals surface area contributed by atoms with Crippen LogP contribution in [0.3, 0.4) is 0 Å². The maximum absolute atomic E-state index is 12.2. The number of amides is 1. The first-order valence-corrected chi connectivity index (χ1v) is 6.59. The van der Waals surface area contributed by atoms with Crippen molar-refractivity contribution in [2.75, 3.05) is 7.11 Å². The molecule has 0 bridgehead atoms. The van der Waals surface area contributed by atoms with Crippen LogP contribution in [0.5, 0.6) is 5.75 Å². The molecule has 0 heterocycles. The zero-order chi connectivity index (χ0) is 13.0. The van der Waals surface area contributed by atoms with Crippen LogP contribution in [0.25, 0.3) is 0 Å². The number of hydrogen-bond acceptors (Lipinski definition) is 2. The van der Waals surface area contributed by atoms with Crippen LogP contribution in [0.4, 0.5) is 0 Å². The Kier molecular flexibility index (Phi) is 3.90. The summed E-state index contributed by atoms with van der Waals surface area (Å²) in [6.07, 6.45) is 5.83. The second-order valence-corrected chi connectivity index (χ2v) is 5.31. The predicted molar refractivity (Wildman–Crippen MR) is 72.0 cm³/mol. The number of hydrogen-bond donors (Lipinski definition) is 1. The van der Waals surface area contributed by atoms with Gasteiger partial charge in [-0.3, -0.25) is 4.79 Å². The zero-order valence-corrected chi connectivity index (χ0v) is 11.2. The smallest absolute Gasteiger partial charge is 0.251 e. The fraction of sp³-hybridized carbons (Fsp3) is 0.533. The van der Waals surface area contributed by atoms with Crippen LogP contribution in [-0.4, -0.2) is 18.6 Å². The lowest BCUT2D eigenvalue weighted by atomic mass is 9.83. The first kappa shape index (κ1) is 12.9. The Bertz CT molecular complexity index is 422. The normalized spacial score (nSPS) is 18.1. The quantitative estimate of drug-likeness (QED) is 0.891. The van der Waals surface area contributed by atoms with Gasteiger partial charge in [0.25, 0.3) is 5.91 Å². The van der Waals surface area contributed by atoms with Gasteiger partial charge in [0.05, 0.1) is 7.11 Å². The highest BCUT2D eigenvalue weighted by Crippen LogP contribution is 2.28. The Balaban J connectivity index is 2.06. The molecule has 3 nitrogen and oxygen atoms in total. The molecule has 0 unspecified atom stereocenters. The highest BCUT2D eigenvalue weighted by molar-refractivity contribution is 5.95. The Morgan fingerprint density at radius 1 is 1.28 bits per heavy atom. The summed E-state index contributed by atoms with van der Waals surface area (Å²) in [6, 6.07) is 7.29. The van der Waals surface area contributed by atoms with Crippen molar-refractivity contribution in [3.63, 3.8) is 0 Å². The molecule has 1 aromatic rings. The molecule has 1 fully saturated rings.